The third-order valence-corrected chi connectivity index (χ3v) is 3.45. The van der Waals surface area contributed by atoms with Gasteiger partial charge in [0.15, 0.2) is 0 Å². The Morgan fingerprint density at radius 1 is 1.06 bits per heavy atom. The summed E-state index contributed by atoms with van der Waals surface area (Å²) in [7, 11) is 0. The van der Waals surface area contributed by atoms with Crippen LogP contribution in [0.3, 0.4) is 0 Å². The molecule has 2 saturated heterocycles. The Kier molecular flexibility index (Phi) is 3.93. The molecule has 1 atom stereocenters. The fourth-order valence-corrected chi connectivity index (χ4v) is 2.47. The number of imide groups is 1. The number of carbonyl (C=O) groups is 2. The average Bonchev–Trinajstić information content (AvgIpc) is 2.46. The third kappa shape index (κ3) is 2.82. The maximum Gasteiger partial charge on any atom is 0.229 e. The number of carbonyl (C=O) groups excluding carboxylic acids is 2. The monoisotopic (exact) mass is 224 g/mol. The van der Waals surface area contributed by atoms with E-state index in [9.17, 15) is 9.59 Å². The van der Waals surface area contributed by atoms with E-state index in [-0.39, 0.29) is 11.8 Å². The Morgan fingerprint density at radius 2 is 1.75 bits per heavy atom. The van der Waals surface area contributed by atoms with Gasteiger partial charge >= 0.3 is 0 Å². The van der Waals surface area contributed by atoms with Crippen LogP contribution in [-0.2, 0) is 9.59 Å². The first-order chi connectivity index (χ1) is 7.77. The van der Waals surface area contributed by atoms with Crippen molar-refractivity contribution in [3.05, 3.63) is 0 Å². The van der Waals surface area contributed by atoms with Crippen LogP contribution in [0.2, 0.25) is 0 Å². The van der Waals surface area contributed by atoms with Gasteiger partial charge in [-0.3, -0.25) is 14.5 Å². The Balaban J connectivity index is 1.94. The van der Waals surface area contributed by atoms with Crippen molar-refractivity contribution in [2.75, 3.05) is 13.1 Å². The van der Waals surface area contributed by atoms with Gasteiger partial charge in [0.05, 0.1) is 0 Å². The van der Waals surface area contributed by atoms with E-state index in [0.717, 1.165) is 25.8 Å². The van der Waals surface area contributed by atoms with Crippen molar-refractivity contribution < 1.29 is 9.59 Å². The van der Waals surface area contributed by atoms with Crippen molar-refractivity contribution in [3.8, 4) is 0 Å². The average molecular weight is 224 g/mol. The highest BCUT2D eigenvalue weighted by Gasteiger charge is 2.27. The predicted octanol–water partition coefficient (Wildman–Crippen LogP) is 1.06. The van der Waals surface area contributed by atoms with E-state index in [1.54, 1.807) is 0 Å². The highest BCUT2D eigenvalue weighted by atomic mass is 16.2. The molecule has 1 unspecified atom stereocenters. The van der Waals surface area contributed by atoms with Crippen LogP contribution in [-0.4, -0.2) is 35.8 Å². The molecular formula is C12H20N2O2. The Bertz CT molecular complexity index is 254. The van der Waals surface area contributed by atoms with Gasteiger partial charge in [-0.15, -0.1) is 0 Å². The molecule has 0 bridgehead atoms. The van der Waals surface area contributed by atoms with Gasteiger partial charge in [-0.2, -0.15) is 0 Å². The van der Waals surface area contributed by atoms with Crippen molar-refractivity contribution in [1.29, 1.82) is 0 Å². The Hall–Kier alpha value is -0.900. The lowest BCUT2D eigenvalue weighted by Crippen LogP contribution is -2.47. The van der Waals surface area contributed by atoms with E-state index in [4.69, 9.17) is 0 Å². The molecule has 90 valence electrons. The second kappa shape index (κ2) is 5.43. The fourth-order valence-electron chi connectivity index (χ4n) is 2.47. The lowest BCUT2D eigenvalue weighted by Gasteiger charge is -2.28. The molecule has 0 radical (unpaired) electrons. The van der Waals surface area contributed by atoms with Gasteiger partial charge in [0.2, 0.25) is 11.8 Å². The maximum atomic E-state index is 11.8. The van der Waals surface area contributed by atoms with Crippen LogP contribution in [0, 0.1) is 0 Å². The summed E-state index contributed by atoms with van der Waals surface area (Å²) < 4.78 is 0. The zero-order valence-electron chi connectivity index (χ0n) is 9.71. The lowest BCUT2D eigenvalue weighted by molar-refractivity contribution is -0.144. The highest BCUT2D eigenvalue weighted by molar-refractivity contribution is 5.96. The number of likely N-dealkylation sites (tertiary alicyclic amines) is 1. The third-order valence-electron chi connectivity index (χ3n) is 3.45. The van der Waals surface area contributed by atoms with Crippen molar-refractivity contribution >= 4 is 11.8 Å². The summed E-state index contributed by atoms with van der Waals surface area (Å²) in [4.78, 5) is 25.0. The van der Waals surface area contributed by atoms with E-state index in [0.29, 0.717) is 25.4 Å². The first-order valence-corrected chi connectivity index (χ1v) is 6.34. The van der Waals surface area contributed by atoms with Crippen LogP contribution in [0.25, 0.3) is 0 Å². The minimum atomic E-state index is 0.0230. The molecule has 0 saturated carbocycles. The van der Waals surface area contributed by atoms with Gasteiger partial charge in [0.1, 0.15) is 0 Å². The predicted molar refractivity (Wildman–Crippen MR) is 60.8 cm³/mol. The lowest BCUT2D eigenvalue weighted by atomic mass is 10.0. The second-order valence-electron chi connectivity index (χ2n) is 4.75. The molecule has 2 aliphatic rings. The van der Waals surface area contributed by atoms with Crippen LogP contribution in [0.5, 0.6) is 0 Å². The van der Waals surface area contributed by atoms with E-state index in [2.05, 4.69) is 5.32 Å². The topological polar surface area (TPSA) is 49.4 Å². The zero-order chi connectivity index (χ0) is 11.4. The SMILES string of the molecule is O=C1CCCCC(=O)N1CC1CCCCN1. The molecule has 1 N–H and O–H groups in total. The summed E-state index contributed by atoms with van der Waals surface area (Å²) >= 11 is 0. The van der Waals surface area contributed by atoms with Gasteiger partial charge in [-0.25, -0.2) is 0 Å². The molecule has 0 aromatic carbocycles. The highest BCUT2D eigenvalue weighted by Crippen LogP contribution is 2.15. The summed E-state index contributed by atoms with van der Waals surface area (Å²) in [6.07, 6.45) is 6.29. The van der Waals surface area contributed by atoms with Gasteiger partial charge < -0.3 is 5.32 Å². The molecular weight excluding hydrogens is 204 g/mol. The van der Waals surface area contributed by atoms with Crippen LogP contribution < -0.4 is 5.32 Å². The molecule has 2 rings (SSSR count). The summed E-state index contributed by atoms with van der Waals surface area (Å²) in [6.45, 7) is 1.60. The number of nitrogens with one attached hydrogen (secondary N) is 1. The molecule has 2 aliphatic heterocycles. The van der Waals surface area contributed by atoms with Crippen LogP contribution in [0.4, 0.5) is 0 Å². The minimum absolute atomic E-state index is 0.0230. The molecule has 0 aliphatic carbocycles. The number of hydrogen-bond acceptors (Lipinski definition) is 3. The van der Waals surface area contributed by atoms with E-state index in [1.165, 1.54) is 17.7 Å². The summed E-state index contributed by atoms with van der Waals surface area (Å²) in [5.41, 5.74) is 0. The summed E-state index contributed by atoms with van der Waals surface area (Å²) in [5, 5.41) is 3.38. The van der Waals surface area contributed by atoms with Crippen LogP contribution in [0.1, 0.15) is 44.9 Å². The number of piperidine rings is 1. The molecule has 2 heterocycles. The van der Waals surface area contributed by atoms with Gasteiger partial charge in [0, 0.05) is 25.4 Å². The van der Waals surface area contributed by atoms with E-state index >= 15 is 0 Å². The smallest absolute Gasteiger partial charge is 0.229 e. The molecule has 16 heavy (non-hydrogen) atoms. The molecule has 4 nitrogen and oxygen atoms in total. The van der Waals surface area contributed by atoms with Crippen molar-refractivity contribution in [2.24, 2.45) is 0 Å². The van der Waals surface area contributed by atoms with Crippen molar-refractivity contribution in [1.82, 2.24) is 10.2 Å². The molecule has 0 spiro atoms. The number of rotatable bonds is 2. The second-order valence-corrected chi connectivity index (χ2v) is 4.75. The Morgan fingerprint density at radius 3 is 2.31 bits per heavy atom. The molecule has 2 fully saturated rings. The van der Waals surface area contributed by atoms with Crippen molar-refractivity contribution in [3.63, 3.8) is 0 Å². The molecule has 2 amide bonds. The summed E-state index contributed by atoms with van der Waals surface area (Å²) in [6, 6.07) is 0.319. The molecule has 0 aromatic rings. The first kappa shape index (κ1) is 11.6. The molecule has 4 heteroatoms. The van der Waals surface area contributed by atoms with Gasteiger partial charge in [-0.1, -0.05) is 6.42 Å². The van der Waals surface area contributed by atoms with Gasteiger partial charge in [-0.05, 0) is 32.2 Å². The number of nitrogens with zero attached hydrogens (tertiary/aromatic N) is 1. The summed E-state index contributed by atoms with van der Waals surface area (Å²) in [5.74, 6) is 0.0461. The van der Waals surface area contributed by atoms with E-state index < -0.39 is 0 Å². The van der Waals surface area contributed by atoms with Crippen LogP contribution >= 0.6 is 0 Å². The number of hydrogen-bond donors (Lipinski definition) is 1. The Labute approximate surface area is 96.4 Å². The molecule has 0 aromatic heterocycles. The van der Waals surface area contributed by atoms with Gasteiger partial charge in [0.25, 0.3) is 0 Å². The first-order valence-electron chi connectivity index (χ1n) is 6.34. The zero-order valence-corrected chi connectivity index (χ0v) is 9.71. The largest absolute Gasteiger partial charge is 0.312 e. The fraction of sp³-hybridized carbons (Fsp3) is 0.833. The van der Waals surface area contributed by atoms with E-state index in [1.807, 2.05) is 0 Å². The van der Waals surface area contributed by atoms with Crippen LogP contribution in [0.15, 0.2) is 0 Å². The normalized spacial score (nSPS) is 28.0. The van der Waals surface area contributed by atoms with Crippen molar-refractivity contribution in [2.45, 2.75) is 51.0 Å². The quantitative estimate of drug-likeness (QED) is 0.713. The minimum Gasteiger partial charge on any atom is -0.312 e. The maximum absolute atomic E-state index is 11.8. The number of amides is 2. The standard InChI is InChI=1S/C12H20N2O2/c15-11-6-1-2-7-12(16)14(11)9-10-5-3-4-8-13-10/h10,13H,1-9H2.